The SMILES string of the molecule is CC(C)n1ccc(C(=O)N(CCN2CCOCC2)c2nc3c(F)cccc3s2)n1. The highest BCUT2D eigenvalue weighted by molar-refractivity contribution is 7.22. The summed E-state index contributed by atoms with van der Waals surface area (Å²) >= 11 is 1.32. The number of halogens is 1. The zero-order valence-corrected chi connectivity index (χ0v) is 17.4. The van der Waals surface area contributed by atoms with Crippen molar-refractivity contribution in [3.05, 3.63) is 42.0 Å². The van der Waals surface area contributed by atoms with Crippen LogP contribution in [0.3, 0.4) is 0 Å². The standard InChI is InChI=1S/C20H24FN5O2S/c1-14(2)26-7-6-16(23-26)19(27)25(9-8-24-10-12-28-13-11-24)20-22-18-15(21)4-3-5-17(18)29-20/h3-7,14H,8-13H2,1-2H3. The fourth-order valence-corrected chi connectivity index (χ4v) is 4.25. The first-order chi connectivity index (χ1) is 14.0. The third kappa shape index (κ3) is 4.31. The van der Waals surface area contributed by atoms with Crippen molar-refractivity contribution < 1.29 is 13.9 Å². The summed E-state index contributed by atoms with van der Waals surface area (Å²) in [5, 5.41) is 4.91. The Bertz CT molecular complexity index is 996. The maximum Gasteiger partial charge on any atom is 0.280 e. The molecule has 1 aliphatic heterocycles. The molecule has 154 valence electrons. The quantitative estimate of drug-likeness (QED) is 0.616. The number of carbonyl (C=O) groups is 1. The Hall–Kier alpha value is -2.36. The minimum absolute atomic E-state index is 0.162. The predicted octanol–water partition coefficient (Wildman–Crippen LogP) is 3.19. The van der Waals surface area contributed by atoms with E-state index in [-0.39, 0.29) is 17.8 Å². The summed E-state index contributed by atoms with van der Waals surface area (Å²) in [4.78, 5) is 21.6. The molecule has 1 fully saturated rings. The Labute approximate surface area is 172 Å². The highest BCUT2D eigenvalue weighted by atomic mass is 32.1. The molecular weight excluding hydrogens is 393 g/mol. The topological polar surface area (TPSA) is 63.5 Å². The molecule has 0 aliphatic carbocycles. The number of hydrogen-bond acceptors (Lipinski definition) is 6. The molecule has 7 nitrogen and oxygen atoms in total. The zero-order chi connectivity index (χ0) is 20.4. The van der Waals surface area contributed by atoms with Crippen molar-refractivity contribution in [2.45, 2.75) is 19.9 Å². The van der Waals surface area contributed by atoms with Gasteiger partial charge in [0.2, 0.25) is 0 Å². The molecular formula is C20H24FN5O2S. The third-order valence-corrected chi connectivity index (χ3v) is 5.98. The lowest BCUT2D eigenvalue weighted by Crippen LogP contribution is -2.43. The monoisotopic (exact) mass is 417 g/mol. The first kappa shape index (κ1) is 19.9. The summed E-state index contributed by atoms with van der Waals surface area (Å²) in [5.74, 6) is -0.605. The summed E-state index contributed by atoms with van der Waals surface area (Å²) in [5.41, 5.74) is 0.657. The number of morpholine rings is 1. The van der Waals surface area contributed by atoms with Crippen molar-refractivity contribution in [1.29, 1.82) is 0 Å². The van der Waals surface area contributed by atoms with Gasteiger partial charge in [-0.25, -0.2) is 9.37 Å². The molecule has 0 spiro atoms. The van der Waals surface area contributed by atoms with Crippen LogP contribution in [0.25, 0.3) is 10.2 Å². The van der Waals surface area contributed by atoms with Crippen molar-refractivity contribution in [1.82, 2.24) is 19.7 Å². The van der Waals surface area contributed by atoms with Crippen molar-refractivity contribution in [2.75, 3.05) is 44.3 Å². The predicted molar refractivity (Wildman–Crippen MR) is 111 cm³/mol. The molecule has 0 bridgehead atoms. The first-order valence-corrected chi connectivity index (χ1v) is 10.6. The van der Waals surface area contributed by atoms with E-state index in [4.69, 9.17) is 4.74 Å². The molecule has 1 amide bonds. The minimum Gasteiger partial charge on any atom is -0.379 e. The third-order valence-electron chi connectivity index (χ3n) is 4.93. The van der Waals surface area contributed by atoms with Gasteiger partial charge in [0.1, 0.15) is 11.3 Å². The summed E-state index contributed by atoms with van der Waals surface area (Å²) in [6.45, 7) is 8.21. The second kappa shape index (κ2) is 8.56. The number of para-hydroxylation sites is 1. The van der Waals surface area contributed by atoms with E-state index in [2.05, 4.69) is 15.0 Å². The molecule has 0 atom stereocenters. The van der Waals surface area contributed by atoms with Crippen LogP contribution in [0.4, 0.5) is 9.52 Å². The van der Waals surface area contributed by atoms with Gasteiger partial charge >= 0.3 is 0 Å². The van der Waals surface area contributed by atoms with Gasteiger partial charge in [0.25, 0.3) is 5.91 Å². The maximum absolute atomic E-state index is 14.2. The van der Waals surface area contributed by atoms with Gasteiger partial charge in [-0.3, -0.25) is 19.3 Å². The number of anilines is 1. The Kier molecular flexibility index (Phi) is 5.89. The molecule has 3 heterocycles. The van der Waals surface area contributed by atoms with Crippen molar-refractivity contribution in [2.24, 2.45) is 0 Å². The van der Waals surface area contributed by atoms with Crippen LogP contribution < -0.4 is 4.90 Å². The molecule has 3 aromatic rings. The van der Waals surface area contributed by atoms with Gasteiger partial charge < -0.3 is 4.74 Å². The number of ether oxygens (including phenoxy) is 1. The number of hydrogen-bond donors (Lipinski definition) is 0. The molecule has 1 saturated heterocycles. The number of carbonyl (C=O) groups excluding carboxylic acids is 1. The molecule has 0 unspecified atom stereocenters. The number of nitrogens with zero attached hydrogens (tertiary/aromatic N) is 5. The van der Waals surface area contributed by atoms with E-state index < -0.39 is 0 Å². The number of thiazole rings is 1. The Morgan fingerprint density at radius 1 is 1.31 bits per heavy atom. The van der Waals surface area contributed by atoms with E-state index in [1.807, 2.05) is 19.9 Å². The van der Waals surface area contributed by atoms with Crippen LogP contribution in [0.2, 0.25) is 0 Å². The number of fused-ring (bicyclic) bond motifs is 1. The molecule has 1 aliphatic rings. The van der Waals surface area contributed by atoms with Gasteiger partial charge in [0, 0.05) is 38.4 Å². The van der Waals surface area contributed by atoms with E-state index in [1.54, 1.807) is 27.9 Å². The molecule has 29 heavy (non-hydrogen) atoms. The Morgan fingerprint density at radius 2 is 2.10 bits per heavy atom. The van der Waals surface area contributed by atoms with Crippen LogP contribution in [0.15, 0.2) is 30.5 Å². The van der Waals surface area contributed by atoms with Crippen LogP contribution in [-0.4, -0.2) is 65.0 Å². The van der Waals surface area contributed by atoms with Gasteiger partial charge in [-0.2, -0.15) is 5.10 Å². The largest absolute Gasteiger partial charge is 0.379 e. The first-order valence-electron chi connectivity index (χ1n) is 9.75. The van der Waals surface area contributed by atoms with Crippen LogP contribution in [0, 0.1) is 5.82 Å². The van der Waals surface area contributed by atoms with E-state index in [1.165, 1.54) is 17.4 Å². The van der Waals surface area contributed by atoms with E-state index in [0.717, 1.165) is 17.8 Å². The molecule has 0 N–H and O–H groups in total. The second-order valence-corrected chi connectivity index (χ2v) is 8.28. The Balaban J connectivity index is 1.63. The van der Waals surface area contributed by atoms with Crippen molar-refractivity contribution in [3.63, 3.8) is 0 Å². The fourth-order valence-electron chi connectivity index (χ4n) is 3.25. The fraction of sp³-hybridized carbons (Fsp3) is 0.450. The second-order valence-electron chi connectivity index (χ2n) is 7.27. The summed E-state index contributed by atoms with van der Waals surface area (Å²) in [7, 11) is 0. The van der Waals surface area contributed by atoms with Gasteiger partial charge in [-0.1, -0.05) is 17.4 Å². The highest BCUT2D eigenvalue weighted by Crippen LogP contribution is 2.31. The van der Waals surface area contributed by atoms with Crippen LogP contribution in [-0.2, 0) is 4.74 Å². The van der Waals surface area contributed by atoms with E-state index in [0.29, 0.717) is 42.6 Å². The van der Waals surface area contributed by atoms with E-state index >= 15 is 0 Å². The summed E-state index contributed by atoms with van der Waals surface area (Å²) in [6, 6.07) is 6.74. The van der Waals surface area contributed by atoms with Gasteiger partial charge in [0.05, 0.1) is 17.9 Å². The molecule has 2 aromatic heterocycles. The number of aromatic nitrogens is 3. The van der Waals surface area contributed by atoms with Crippen molar-refractivity contribution in [3.8, 4) is 0 Å². The number of rotatable bonds is 6. The van der Waals surface area contributed by atoms with Gasteiger partial charge in [-0.05, 0) is 32.0 Å². The lowest BCUT2D eigenvalue weighted by atomic mass is 10.3. The molecule has 4 rings (SSSR count). The molecule has 9 heteroatoms. The smallest absolute Gasteiger partial charge is 0.280 e. The van der Waals surface area contributed by atoms with Crippen molar-refractivity contribution >= 4 is 32.6 Å². The molecule has 1 aromatic carbocycles. The average Bonchev–Trinajstić information content (AvgIpc) is 3.37. The highest BCUT2D eigenvalue weighted by Gasteiger charge is 2.25. The average molecular weight is 418 g/mol. The minimum atomic E-state index is -0.380. The lowest BCUT2D eigenvalue weighted by molar-refractivity contribution is 0.0391. The van der Waals surface area contributed by atoms with E-state index in [9.17, 15) is 9.18 Å². The maximum atomic E-state index is 14.2. The summed E-state index contributed by atoms with van der Waals surface area (Å²) < 4.78 is 22.0. The normalized spacial score (nSPS) is 15.3. The van der Waals surface area contributed by atoms with Crippen LogP contribution >= 0.6 is 11.3 Å². The molecule has 0 saturated carbocycles. The van der Waals surface area contributed by atoms with Gasteiger partial charge in [-0.15, -0.1) is 0 Å². The van der Waals surface area contributed by atoms with Gasteiger partial charge in [0.15, 0.2) is 10.8 Å². The Morgan fingerprint density at radius 3 is 2.79 bits per heavy atom. The summed E-state index contributed by atoms with van der Waals surface area (Å²) in [6.07, 6.45) is 1.80. The lowest BCUT2D eigenvalue weighted by Gasteiger charge is -2.29. The number of amides is 1. The molecule has 0 radical (unpaired) electrons. The number of benzene rings is 1. The van der Waals surface area contributed by atoms with Crippen LogP contribution in [0.5, 0.6) is 0 Å². The van der Waals surface area contributed by atoms with Crippen LogP contribution in [0.1, 0.15) is 30.4 Å². The zero-order valence-electron chi connectivity index (χ0n) is 16.5.